The fourth-order valence-corrected chi connectivity index (χ4v) is 3.23. The number of halogens is 2. The van der Waals surface area contributed by atoms with Crippen LogP contribution in [0.15, 0.2) is 45.8 Å². The molecule has 0 spiro atoms. The smallest absolute Gasteiger partial charge is 0.263 e. The predicted octanol–water partition coefficient (Wildman–Crippen LogP) is 2.84. The zero-order valence-corrected chi connectivity index (χ0v) is 12.9. The van der Waals surface area contributed by atoms with E-state index in [0.717, 1.165) is 12.1 Å². The molecule has 0 unspecified atom stereocenters. The van der Waals surface area contributed by atoms with Crippen molar-refractivity contribution in [2.45, 2.75) is 4.90 Å². The van der Waals surface area contributed by atoms with Crippen molar-refractivity contribution < 1.29 is 12.8 Å². The lowest BCUT2D eigenvalue weighted by molar-refractivity contribution is 0.601. The molecule has 0 amide bonds. The summed E-state index contributed by atoms with van der Waals surface area (Å²) in [6.07, 6.45) is 0. The van der Waals surface area contributed by atoms with E-state index in [0.29, 0.717) is 4.47 Å². The Labute approximate surface area is 129 Å². The summed E-state index contributed by atoms with van der Waals surface area (Å²) in [5.41, 5.74) is 5.61. The summed E-state index contributed by atoms with van der Waals surface area (Å²) < 4.78 is 40.5. The molecular formula is C13H9BrFN3O2S. The maximum Gasteiger partial charge on any atom is 0.263 e. The van der Waals surface area contributed by atoms with Crippen LogP contribution < -0.4 is 10.5 Å². The van der Waals surface area contributed by atoms with Gasteiger partial charge >= 0.3 is 0 Å². The molecule has 2 aromatic rings. The molecule has 21 heavy (non-hydrogen) atoms. The van der Waals surface area contributed by atoms with E-state index in [1.54, 1.807) is 6.07 Å². The van der Waals surface area contributed by atoms with E-state index in [-0.39, 0.29) is 21.8 Å². The molecule has 108 valence electrons. The molecule has 2 rings (SSSR count). The minimum Gasteiger partial charge on any atom is -0.398 e. The Balaban J connectivity index is 2.45. The fraction of sp³-hybridized carbons (Fsp3) is 0. The molecule has 0 aliphatic rings. The Hall–Kier alpha value is -2.11. The fourth-order valence-electron chi connectivity index (χ4n) is 1.66. The minimum absolute atomic E-state index is 0.0128. The molecule has 3 N–H and O–H groups in total. The van der Waals surface area contributed by atoms with Crippen molar-refractivity contribution in [1.29, 1.82) is 5.26 Å². The maximum absolute atomic E-state index is 13.0. The Kier molecular flexibility index (Phi) is 4.16. The van der Waals surface area contributed by atoms with Crippen LogP contribution in [-0.2, 0) is 10.0 Å². The summed E-state index contributed by atoms with van der Waals surface area (Å²) in [7, 11) is -3.98. The number of hydrogen-bond donors (Lipinski definition) is 2. The predicted molar refractivity (Wildman–Crippen MR) is 80.5 cm³/mol. The third kappa shape index (κ3) is 3.32. The highest BCUT2D eigenvalue weighted by Gasteiger charge is 2.19. The van der Waals surface area contributed by atoms with Crippen LogP contribution in [0, 0.1) is 17.1 Å². The van der Waals surface area contributed by atoms with Crippen molar-refractivity contribution in [3.05, 3.63) is 52.3 Å². The second-order valence-corrected chi connectivity index (χ2v) is 6.66. The molecule has 0 bridgehead atoms. The van der Waals surface area contributed by atoms with Crippen LogP contribution in [0.1, 0.15) is 5.56 Å². The molecule has 0 heterocycles. The third-order valence-corrected chi connectivity index (χ3v) is 4.54. The molecule has 2 aromatic carbocycles. The molecule has 8 heteroatoms. The average Bonchev–Trinajstić information content (AvgIpc) is 2.40. The SMILES string of the molecule is N#Cc1cc(F)ccc1NS(=O)(=O)c1ccc(Br)cc1N. The van der Waals surface area contributed by atoms with Crippen LogP contribution in [0.5, 0.6) is 0 Å². The number of benzene rings is 2. The number of rotatable bonds is 3. The van der Waals surface area contributed by atoms with Crippen molar-refractivity contribution >= 4 is 37.3 Å². The van der Waals surface area contributed by atoms with Gasteiger partial charge in [-0.25, -0.2) is 12.8 Å². The van der Waals surface area contributed by atoms with Gasteiger partial charge in [0.2, 0.25) is 0 Å². The first kappa shape index (κ1) is 15.3. The van der Waals surface area contributed by atoms with Crippen molar-refractivity contribution in [2.75, 3.05) is 10.5 Å². The standard InChI is InChI=1S/C13H9BrFN3O2S/c14-9-1-4-13(11(17)6-9)21(19,20)18-12-3-2-10(15)5-8(12)7-16/h1-6,18H,17H2. The van der Waals surface area contributed by atoms with Crippen molar-refractivity contribution in [2.24, 2.45) is 0 Å². The van der Waals surface area contributed by atoms with Gasteiger partial charge in [0, 0.05) is 4.47 Å². The first-order chi connectivity index (χ1) is 9.83. The summed E-state index contributed by atoms with van der Waals surface area (Å²) in [6, 6.07) is 9.22. The number of hydrogen-bond acceptors (Lipinski definition) is 4. The average molecular weight is 370 g/mol. The molecule has 0 saturated heterocycles. The second-order valence-electron chi connectivity index (χ2n) is 4.09. The summed E-state index contributed by atoms with van der Waals surface area (Å²) in [4.78, 5) is -0.126. The number of nitriles is 1. The number of nitrogen functional groups attached to an aromatic ring is 1. The van der Waals surface area contributed by atoms with Gasteiger partial charge in [-0.2, -0.15) is 5.26 Å². The highest BCUT2D eigenvalue weighted by Crippen LogP contribution is 2.26. The molecule has 0 aliphatic heterocycles. The molecular weight excluding hydrogens is 361 g/mol. The van der Waals surface area contributed by atoms with Crippen molar-refractivity contribution in [1.82, 2.24) is 0 Å². The first-order valence-corrected chi connectivity index (χ1v) is 7.88. The zero-order valence-electron chi connectivity index (χ0n) is 10.5. The number of sulfonamides is 1. The Morgan fingerprint density at radius 1 is 1.24 bits per heavy atom. The molecule has 0 radical (unpaired) electrons. The number of nitrogens with one attached hydrogen (secondary N) is 1. The summed E-state index contributed by atoms with van der Waals surface area (Å²) in [5, 5.41) is 8.92. The second kappa shape index (κ2) is 5.71. The normalized spacial score (nSPS) is 10.9. The molecule has 0 saturated carbocycles. The molecule has 0 atom stereocenters. The number of anilines is 2. The van der Waals surface area contributed by atoms with Gasteiger partial charge in [-0.05, 0) is 36.4 Å². The lowest BCUT2D eigenvalue weighted by Gasteiger charge is -2.11. The van der Waals surface area contributed by atoms with Crippen LogP contribution in [0.2, 0.25) is 0 Å². The van der Waals surface area contributed by atoms with E-state index < -0.39 is 15.8 Å². The Bertz CT molecular complexity index is 847. The van der Waals surface area contributed by atoms with Gasteiger partial charge in [0.15, 0.2) is 0 Å². The van der Waals surface area contributed by atoms with E-state index in [4.69, 9.17) is 11.0 Å². The van der Waals surface area contributed by atoms with Gasteiger partial charge in [0.25, 0.3) is 10.0 Å². The lowest BCUT2D eigenvalue weighted by Crippen LogP contribution is -2.15. The Morgan fingerprint density at radius 2 is 1.95 bits per heavy atom. The third-order valence-electron chi connectivity index (χ3n) is 2.61. The van der Waals surface area contributed by atoms with E-state index in [1.165, 1.54) is 24.3 Å². The minimum atomic E-state index is -3.98. The topological polar surface area (TPSA) is 96.0 Å². The molecule has 0 fully saturated rings. The number of nitrogens with zero attached hydrogens (tertiary/aromatic N) is 1. The number of nitrogens with two attached hydrogens (primary N) is 1. The van der Waals surface area contributed by atoms with Crippen LogP contribution in [0.4, 0.5) is 15.8 Å². The first-order valence-electron chi connectivity index (χ1n) is 5.61. The van der Waals surface area contributed by atoms with Crippen molar-refractivity contribution in [3.63, 3.8) is 0 Å². The molecule has 5 nitrogen and oxygen atoms in total. The van der Waals surface area contributed by atoms with Crippen LogP contribution >= 0.6 is 15.9 Å². The highest BCUT2D eigenvalue weighted by molar-refractivity contribution is 9.10. The van der Waals surface area contributed by atoms with E-state index in [9.17, 15) is 12.8 Å². The van der Waals surface area contributed by atoms with Gasteiger partial charge in [-0.15, -0.1) is 0 Å². The largest absolute Gasteiger partial charge is 0.398 e. The van der Waals surface area contributed by atoms with Gasteiger partial charge in [0.1, 0.15) is 16.8 Å². The van der Waals surface area contributed by atoms with Crippen molar-refractivity contribution in [3.8, 4) is 6.07 Å². The molecule has 0 aliphatic carbocycles. The molecule has 0 aromatic heterocycles. The van der Waals surface area contributed by atoms with E-state index >= 15 is 0 Å². The zero-order chi connectivity index (χ0) is 15.6. The van der Waals surface area contributed by atoms with Crippen LogP contribution in [-0.4, -0.2) is 8.42 Å². The maximum atomic E-state index is 13.0. The summed E-state index contributed by atoms with van der Waals surface area (Å²) in [6.45, 7) is 0. The van der Waals surface area contributed by atoms with Gasteiger partial charge in [-0.3, -0.25) is 4.72 Å². The van der Waals surface area contributed by atoms with E-state index in [2.05, 4.69) is 20.7 Å². The van der Waals surface area contributed by atoms with Gasteiger partial charge < -0.3 is 5.73 Å². The summed E-state index contributed by atoms with van der Waals surface area (Å²) in [5.74, 6) is -0.627. The van der Waals surface area contributed by atoms with Crippen LogP contribution in [0.25, 0.3) is 0 Å². The van der Waals surface area contributed by atoms with Crippen LogP contribution in [0.3, 0.4) is 0 Å². The monoisotopic (exact) mass is 369 g/mol. The van der Waals surface area contributed by atoms with E-state index in [1.807, 2.05) is 0 Å². The summed E-state index contributed by atoms with van der Waals surface area (Å²) >= 11 is 3.18. The Morgan fingerprint density at radius 3 is 2.57 bits per heavy atom. The highest BCUT2D eigenvalue weighted by atomic mass is 79.9. The lowest BCUT2D eigenvalue weighted by atomic mass is 10.2. The van der Waals surface area contributed by atoms with Gasteiger partial charge in [-0.1, -0.05) is 15.9 Å². The van der Waals surface area contributed by atoms with Gasteiger partial charge in [0.05, 0.1) is 16.9 Å². The quantitative estimate of drug-likeness (QED) is 0.812.